The zero-order valence-electron chi connectivity index (χ0n) is 12.1. The lowest BCUT2D eigenvalue weighted by Crippen LogP contribution is -2.22. The van der Waals surface area contributed by atoms with Gasteiger partial charge in [-0.25, -0.2) is 5.01 Å². The Hall–Kier alpha value is -2.52. The summed E-state index contributed by atoms with van der Waals surface area (Å²) in [5.74, 6) is -0.193. The molecule has 1 heterocycles. The summed E-state index contributed by atoms with van der Waals surface area (Å²) in [4.78, 5) is 12.3. The molecule has 0 saturated carbocycles. The summed E-state index contributed by atoms with van der Waals surface area (Å²) >= 11 is 5.93. The van der Waals surface area contributed by atoms with Crippen molar-refractivity contribution < 1.29 is 14.6 Å². The van der Waals surface area contributed by atoms with Gasteiger partial charge in [-0.3, -0.25) is 4.79 Å². The van der Waals surface area contributed by atoms with Crippen molar-refractivity contribution in [1.29, 1.82) is 5.26 Å². The van der Waals surface area contributed by atoms with Crippen LogP contribution in [0.4, 0.5) is 0 Å². The number of nitrogens with zero attached hydrogens (tertiary/aromatic N) is 3. The van der Waals surface area contributed by atoms with Crippen molar-refractivity contribution >= 4 is 29.3 Å². The first-order chi connectivity index (χ1) is 10.5. The summed E-state index contributed by atoms with van der Waals surface area (Å²) in [6.45, 7) is 1.97. The maximum Gasteiger partial charge on any atom is 0.275 e. The van der Waals surface area contributed by atoms with Crippen LogP contribution >= 0.6 is 11.6 Å². The van der Waals surface area contributed by atoms with Gasteiger partial charge in [-0.1, -0.05) is 11.6 Å². The summed E-state index contributed by atoms with van der Waals surface area (Å²) < 4.78 is 5.03. The highest BCUT2D eigenvalue weighted by molar-refractivity contribution is 6.32. The second kappa shape index (κ2) is 6.50. The predicted molar refractivity (Wildman–Crippen MR) is 82.7 cm³/mol. The molecule has 1 aromatic carbocycles. The third kappa shape index (κ3) is 3.05. The van der Waals surface area contributed by atoms with Crippen LogP contribution in [0.5, 0.6) is 11.5 Å². The quantitative estimate of drug-likeness (QED) is 0.864. The number of hydrazone groups is 1. The number of rotatable bonds is 4. The summed E-state index contributed by atoms with van der Waals surface area (Å²) in [5.41, 5.74) is 1.59. The second-order valence-electron chi connectivity index (χ2n) is 4.63. The SMILES string of the molecule is COc1cc(C=C2C(=O)N(CCC#N)N=C2C)cc(Cl)c1O. The Kier molecular flexibility index (Phi) is 4.68. The second-order valence-corrected chi connectivity index (χ2v) is 5.04. The molecule has 2 rings (SSSR count). The summed E-state index contributed by atoms with van der Waals surface area (Å²) in [6, 6.07) is 5.09. The van der Waals surface area contributed by atoms with Crippen molar-refractivity contribution in [2.45, 2.75) is 13.3 Å². The maximum absolute atomic E-state index is 12.3. The van der Waals surface area contributed by atoms with Crippen molar-refractivity contribution in [3.8, 4) is 17.6 Å². The zero-order chi connectivity index (χ0) is 16.3. The van der Waals surface area contributed by atoms with Gasteiger partial charge < -0.3 is 9.84 Å². The van der Waals surface area contributed by atoms with Gasteiger partial charge >= 0.3 is 0 Å². The van der Waals surface area contributed by atoms with Crippen LogP contribution in [0.25, 0.3) is 6.08 Å². The van der Waals surface area contributed by atoms with Crippen molar-refractivity contribution in [2.75, 3.05) is 13.7 Å². The van der Waals surface area contributed by atoms with Crippen LogP contribution in [0.2, 0.25) is 5.02 Å². The Bertz CT molecular complexity index is 719. The van der Waals surface area contributed by atoms with Gasteiger partial charge in [-0.2, -0.15) is 10.4 Å². The number of carbonyl (C=O) groups excluding carboxylic acids is 1. The number of phenolic OH excluding ortho intramolecular Hbond substituents is 1. The highest BCUT2D eigenvalue weighted by Crippen LogP contribution is 2.35. The number of methoxy groups -OCH3 is 1. The molecule has 0 bridgehead atoms. The maximum atomic E-state index is 12.3. The minimum atomic E-state index is -0.268. The fourth-order valence-electron chi connectivity index (χ4n) is 2.05. The first-order valence-electron chi connectivity index (χ1n) is 6.50. The first-order valence-corrected chi connectivity index (χ1v) is 6.88. The highest BCUT2D eigenvalue weighted by atomic mass is 35.5. The molecule has 0 unspecified atom stereocenters. The molecule has 7 heteroatoms. The number of hydrogen-bond acceptors (Lipinski definition) is 5. The summed E-state index contributed by atoms with van der Waals surface area (Å²) in [6.07, 6.45) is 1.84. The van der Waals surface area contributed by atoms with E-state index in [0.29, 0.717) is 16.8 Å². The molecule has 0 fully saturated rings. The van der Waals surface area contributed by atoms with E-state index in [2.05, 4.69) is 5.10 Å². The number of nitriles is 1. The molecule has 1 aliphatic rings. The monoisotopic (exact) mass is 319 g/mol. The topological polar surface area (TPSA) is 85.9 Å². The summed E-state index contributed by atoms with van der Waals surface area (Å²) in [7, 11) is 1.42. The average Bonchev–Trinajstić information content (AvgIpc) is 2.76. The fraction of sp³-hybridized carbons (Fsp3) is 0.267. The van der Waals surface area contributed by atoms with E-state index < -0.39 is 0 Å². The number of carbonyl (C=O) groups is 1. The predicted octanol–water partition coefficient (Wildman–Crippen LogP) is 2.57. The fourth-order valence-corrected chi connectivity index (χ4v) is 2.27. The van der Waals surface area contributed by atoms with Crippen LogP contribution in [0, 0.1) is 11.3 Å². The van der Waals surface area contributed by atoms with Gasteiger partial charge in [0.05, 0.1) is 42.5 Å². The number of hydrogen-bond donors (Lipinski definition) is 1. The van der Waals surface area contributed by atoms with E-state index in [-0.39, 0.29) is 35.4 Å². The van der Waals surface area contributed by atoms with E-state index in [1.54, 1.807) is 19.1 Å². The van der Waals surface area contributed by atoms with Crippen molar-refractivity contribution in [3.05, 3.63) is 28.3 Å². The Morgan fingerprint density at radius 1 is 1.55 bits per heavy atom. The van der Waals surface area contributed by atoms with E-state index in [4.69, 9.17) is 21.6 Å². The molecule has 1 amide bonds. The van der Waals surface area contributed by atoms with Crippen LogP contribution in [0.3, 0.4) is 0 Å². The lowest BCUT2D eigenvalue weighted by molar-refractivity contribution is -0.125. The van der Waals surface area contributed by atoms with Crippen LogP contribution < -0.4 is 4.74 Å². The molecule has 1 N–H and O–H groups in total. The van der Waals surface area contributed by atoms with E-state index >= 15 is 0 Å². The molecule has 1 aliphatic heterocycles. The van der Waals surface area contributed by atoms with Crippen molar-refractivity contribution in [1.82, 2.24) is 5.01 Å². The number of ether oxygens (including phenoxy) is 1. The average molecular weight is 320 g/mol. The number of amides is 1. The molecule has 0 radical (unpaired) electrons. The Balaban J connectivity index is 2.34. The van der Waals surface area contributed by atoms with Gasteiger partial charge in [-0.15, -0.1) is 0 Å². The third-order valence-electron chi connectivity index (χ3n) is 3.14. The molecular formula is C15H14ClN3O3. The van der Waals surface area contributed by atoms with Crippen LogP contribution in [-0.4, -0.2) is 35.4 Å². The van der Waals surface area contributed by atoms with Crippen LogP contribution in [-0.2, 0) is 4.79 Å². The largest absolute Gasteiger partial charge is 0.503 e. The van der Waals surface area contributed by atoms with E-state index in [9.17, 15) is 9.90 Å². The molecule has 0 spiro atoms. The Morgan fingerprint density at radius 2 is 2.27 bits per heavy atom. The molecule has 0 aliphatic carbocycles. The van der Waals surface area contributed by atoms with Gasteiger partial charge in [0.15, 0.2) is 11.5 Å². The number of benzene rings is 1. The number of aromatic hydroxyl groups is 1. The van der Waals surface area contributed by atoms with Crippen molar-refractivity contribution in [3.63, 3.8) is 0 Å². The molecule has 0 saturated heterocycles. The van der Waals surface area contributed by atoms with Crippen LogP contribution in [0.1, 0.15) is 18.9 Å². The molecule has 0 atom stereocenters. The molecule has 22 heavy (non-hydrogen) atoms. The Morgan fingerprint density at radius 3 is 2.91 bits per heavy atom. The van der Waals surface area contributed by atoms with Gasteiger partial charge in [0, 0.05) is 0 Å². The third-order valence-corrected chi connectivity index (χ3v) is 3.43. The van der Waals surface area contributed by atoms with Crippen LogP contribution in [0.15, 0.2) is 22.8 Å². The van der Waals surface area contributed by atoms with Gasteiger partial charge in [0.25, 0.3) is 5.91 Å². The molecule has 1 aromatic rings. The van der Waals surface area contributed by atoms with Gasteiger partial charge in [-0.05, 0) is 30.7 Å². The van der Waals surface area contributed by atoms with Crippen molar-refractivity contribution in [2.24, 2.45) is 5.10 Å². The minimum Gasteiger partial charge on any atom is -0.503 e. The zero-order valence-corrected chi connectivity index (χ0v) is 12.9. The molecule has 6 nitrogen and oxygen atoms in total. The Labute approximate surface area is 132 Å². The molecule has 114 valence electrons. The smallest absolute Gasteiger partial charge is 0.275 e. The molecular weight excluding hydrogens is 306 g/mol. The lowest BCUT2D eigenvalue weighted by atomic mass is 10.1. The lowest BCUT2D eigenvalue weighted by Gasteiger charge is -2.09. The van der Waals surface area contributed by atoms with Gasteiger partial charge in [0.2, 0.25) is 0 Å². The summed E-state index contributed by atoms with van der Waals surface area (Å²) in [5, 5.41) is 23.8. The van der Waals surface area contributed by atoms with E-state index in [0.717, 1.165) is 0 Å². The van der Waals surface area contributed by atoms with E-state index in [1.807, 2.05) is 6.07 Å². The van der Waals surface area contributed by atoms with Gasteiger partial charge in [0.1, 0.15) is 0 Å². The molecule has 0 aromatic heterocycles. The minimum absolute atomic E-state index is 0.132. The highest BCUT2D eigenvalue weighted by Gasteiger charge is 2.27. The van der Waals surface area contributed by atoms with E-state index in [1.165, 1.54) is 18.2 Å². The number of phenols is 1. The first kappa shape index (κ1) is 15.9. The normalized spacial score (nSPS) is 15.9. The number of halogens is 1. The standard InChI is InChI=1S/C15H14ClN3O3/c1-9-11(15(21)19(18-9)5-3-4-17)6-10-7-12(16)14(20)13(8-10)22-2/h6-8,20H,3,5H2,1-2H3.